The van der Waals surface area contributed by atoms with Crippen LogP contribution >= 0.6 is 0 Å². The highest BCUT2D eigenvalue weighted by molar-refractivity contribution is 5.32. The molecule has 0 heterocycles. The summed E-state index contributed by atoms with van der Waals surface area (Å²) in [5, 5.41) is 0. The number of nitrogens with two attached hydrogens (primary N) is 2. The van der Waals surface area contributed by atoms with E-state index >= 15 is 0 Å². The molecule has 0 radical (unpaired) electrons. The summed E-state index contributed by atoms with van der Waals surface area (Å²) in [4.78, 5) is 0. The van der Waals surface area contributed by atoms with Crippen LogP contribution in [0.25, 0.3) is 0 Å². The first-order valence-corrected chi connectivity index (χ1v) is 5.34. The summed E-state index contributed by atoms with van der Waals surface area (Å²) >= 11 is 0. The highest BCUT2D eigenvalue weighted by Gasteiger charge is 2.31. The fraction of sp³-hybridized carbons (Fsp3) is 0.455. The zero-order chi connectivity index (χ0) is 13.8. The average molecular weight is 266 g/mol. The molecular weight excluding hydrogens is 252 g/mol. The highest BCUT2D eigenvalue weighted by Crippen LogP contribution is 2.28. The number of rotatable bonds is 5. The molecule has 0 fully saturated rings. The Hall–Kier alpha value is -1.34. The Balaban J connectivity index is 2.87. The summed E-state index contributed by atoms with van der Waals surface area (Å²) < 4.78 is 53.2. The van der Waals surface area contributed by atoms with E-state index in [0.29, 0.717) is 19.4 Å². The van der Waals surface area contributed by atoms with Crippen LogP contribution in [0.2, 0.25) is 0 Å². The molecule has 0 saturated heterocycles. The van der Waals surface area contributed by atoms with Gasteiger partial charge >= 0.3 is 6.36 Å². The molecule has 0 aliphatic heterocycles. The van der Waals surface area contributed by atoms with Crippen molar-refractivity contribution in [3.05, 3.63) is 29.6 Å². The van der Waals surface area contributed by atoms with E-state index in [-0.39, 0.29) is 5.56 Å². The Labute approximate surface area is 102 Å². The zero-order valence-corrected chi connectivity index (χ0v) is 9.51. The van der Waals surface area contributed by atoms with E-state index < -0.39 is 24.0 Å². The second-order valence-corrected chi connectivity index (χ2v) is 3.77. The van der Waals surface area contributed by atoms with Crippen LogP contribution in [0.4, 0.5) is 17.6 Å². The minimum absolute atomic E-state index is 0.00907. The van der Waals surface area contributed by atoms with Gasteiger partial charge in [-0.05, 0) is 37.6 Å². The third kappa shape index (κ3) is 4.50. The van der Waals surface area contributed by atoms with Gasteiger partial charge in [-0.15, -0.1) is 13.2 Å². The van der Waals surface area contributed by atoms with Crippen molar-refractivity contribution in [3.8, 4) is 5.75 Å². The van der Waals surface area contributed by atoms with Crippen LogP contribution in [-0.2, 0) is 0 Å². The Bertz CT molecular complexity index is 395. The van der Waals surface area contributed by atoms with Gasteiger partial charge < -0.3 is 16.2 Å². The topological polar surface area (TPSA) is 61.3 Å². The van der Waals surface area contributed by atoms with Crippen LogP contribution < -0.4 is 16.2 Å². The van der Waals surface area contributed by atoms with Crippen molar-refractivity contribution in [1.82, 2.24) is 0 Å². The number of benzene rings is 1. The van der Waals surface area contributed by atoms with Crippen molar-refractivity contribution in [2.75, 3.05) is 6.54 Å². The second-order valence-electron chi connectivity index (χ2n) is 3.77. The van der Waals surface area contributed by atoms with Crippen LogP contribution in [0.3, 0.4) is 0 Å². The second kappa shape index (κ2) is 6.01. The minimum atomic E-state index is -4.81. The number of hydrogen-bond donors (Lipinski definition) is 2. The van der Waals surface area contributed by atoms with Gasteiger partial charge in [-0.3, -0.25) is 0 Å². The van der Waals surface area contributed by atoms with Gasteiger partial charge in [0.05, 0.1) is 0 Å². The molecule has 18 heavy (non-hydrogen) atoms. The Morgan fingerprint density at radius 1 is 1.28 bits per heavy atom. The molecule has 4 N–H and O–H groups in total. The van der Waals surface area contributed by atoms with Crippen molar-refractivity contribution < 1.29 is 22.3 Å². The molecule has 3 nitrogen and oxygen atoms in total. The van der Waals surface area contributed by atoms with Gasteiger partial charge in [0.15, 0.2) is 0 Å². The SMILES string of the molecule is NCCC[C@@H](N)c1cc(OC(F)(F)F)ccc1F. The van der Waals surface area contributed by atoms with E-state index in [0.717, 1.165) is 18.2 Å². The van der Waals surface area contributed by atoms with Gasteiger partial charge in [-0.25, -0.2) is 4.39 Å². The van der Waals surface area contributed by atoms with Gasteiger partial charge in [-0.1, -0.05) is 0 Å². The number of ether oxygens (including phenoxy) is 1. The lowest BCUT2D eigenvalue weighted by molar-refractivity contribution is -0.274. The summed E-state index contributed by atoms with van der Waals surface area (Å²) in [5.41, 5.74) is 11.0. The van der Waals surface area contributed by atoms with Crippen LogP contribution in [0.5, 0.6) is 5.75 Å². The van der Waals surface area contributed by atoms with E-state index in [1.807, 2.05) is 0 Å². The summed E-state index contributed by atoms with van der Waals surface area (Å²) in [6.45, 7) is 0.383. The van der Waals surface area contributed by atoms with E-state index in [2.05, 4.69) is 4.74 Å². The molecule has 7 heteroatoms. The molecule has 0 aliphatic carbocycles. The van der Waals surface area contributed by atoms with E-state index in [9.17, 15) is 17.6 Å². The quantitative estimate of drug-likeness (QED) is 0.805. The molecule has 0 unspecified atom stereocenters. The zero-order valence-electron chi connectivity index (χ0n) is 9.51. The predicted octanol–water partition coefficient (Wildman–Crippen LogP) is 2.46. The molecule has 0 aliphatic rings. The normalized spacial score (nSPS) is 13.4. The molecule has 1 aromatic rings. The lowest BCUT2D eigenvalue weighted by Gasteiger charge is -2.15. The van der Waals surface area contributed by atoms with Crippen molar-refractivity contribution in [3.63, 3.8) is 0 Å². The number of alkyl halides is 3. The van der Waals surface area contributed by atoms with Crippen LogP contribution in [0, 0.1) is 5.82 Å². The Morgan fingerprint density at radius 3 is 2.50 bits per heavy atom. The van der Waals surface area contributed by atoms with Crippen LogP contribution in [0.15, 0.2) is 18.2 Å². The maximum absolute atomic E-state index is 13.4. The van der Waals surface area contributed by atoms with Crippen molar-refractivity contribution in [2.24, 2.45) is 11.5 Å². The van der Waals surface area contributed by atoms with Crippen LogP contribution in [-0.4, -0.2) is 12.9 Å². The van der Waals surface area contributed by atoms with Crippen molar-refractivity contribution in [1.29, 1.82) is 0 Å². The van der Waals surface area contributed by atoms with Gasteiger partial charge in [-0.2, -0.15) is 0 Å². The van der Waals surface area contributed by atoms with E-state index in [4.69, 9.17) is 11.5 Å². The Morgan fingerprint density at radius 2 is 1.94 bits per heavy atom. The van der Waals surface area contributed by atoms with E-state index in [1.54, 1.807) is 0 Å². The third-order valence-corrected chi connectivity index (χ3v) is 2.32. The first-order valence-electron chi connectivity index (χ1n) is 5.34. The largest absolute Gasteiger partial charge is 0.573 e. The van der Waals surface area contributed by atoms with Crippen LogP contribution in [0.1, 0.15) is 24.4 Å². The highest BCUT2D eigenvalue weighted by atomic mass is 19.4. The molecule has 1 rings (SSSR count). The lowest BCUT2D eigenvalue weighted by Crippen LogP contribution is -2.18. The summed E-state index contributed by atoms with van der Waals surface area (Å²) in [6, 6.07) is 2.07. The molecule has 102 valence electrons. The van der Waals surface area contributed by atoms with Crippen molar-refractivity contribution >= 4 is 0 Å². The maximum Gasteiger partial charge on any atom is 0.573 e. The fourth-order valence-electron chi connectivity index (χ4n) is 1.50. The van der Waals surface area contributed by atoms with Gasteiger partial charge in [0.25, 0.3) is 0 Å². The number of hydrogen-bond acceptors (Lipinski definition) is 3. The monoisotopic (exact) mass is 266 g/mol. The number of halogens is 4. The first-order chi connectivity index (χ1) is 8.33. The van der Waals surface area contributed by atoms with E-state index in [1.165, 1.54) is 0 Å². The summed E-state index contributed by atoms with van der Waals surface area (Å²) in [6.07, 6.45) is -3.86. The van der Waals surface area contributed by atoms with Gasteiger partial charge in [0.1, 0.15) is 11.6 Å². The van der Waals surface area contributed by atoms with Gasteiger partial charge in [0.2, 0.25) is 0 Å². The molecule has 1 aromatic carbocycles. The average Bonchev–Trinajstić information content (AvgIpc) is 2.26. The molecule has 0 bridgehead atoms. The summed E-state index contributed by atoms with van der Waals surface area (Å²) in [5.74, 6) is -1.14. The first kappa shape index (κ1) is 14.7. The molecule has 0 saturated carbocycles. The lowest BCUT2D eigenvalue weighted by atomic mass is 10.0. The fourth-order valence-corrected chi connectivity index (χ4v) is 1.50. The van der Waals surface area contributed by atoms with Crippen molar-refractivity contribution in [2.45, 2.75) is 25.2 Å². The molecule has 0 aromatic heterocycles. The summed E-state index contributed by atoms with van der Waals surface area (Å²) in [7, 11) is 0. The third-order valence-electron chi connectivity index (χ3n) is 2.32. The molecular formula is C11H14F4N2O. The smallest absolute Gasteiger partial charge is 0.406 e. The standard InChI is InChI=1S/C11H14F4N2O/c12-9-4-3-7(18-11(13,14)15)6-8(9)10(17)2-1-5-16/h3-4,6,10H,1-2,5,16-17H2/t10-/m1/s1. The molecule has 1 atom stereocenters. The maximum atomic E-state index is 13.4. The Kier molecular flexibility index (Phi) is 4.92. The predicted molar refractivity (Wildman–Crippen MR) is 58.3 cm³/mol. The minimum Gasteiger partial charge on any atom is -0.406 e. The molecule has 0 amide bonds. The molecule has 0 spiro atoms. The van der Waals surface area contributed by atoms with Gasteiger partial charge in [0, 0.05) is 11.6 Å².